The Balaban J connectivity index is 2.86. The van der Waals surface area contributed by atoms with E-state index in [1.165, 1.54) is 14.7 Å². The third-order valence-electron chi connectivity index (χ3n) is 3.83. The van der Waals surface area contributed by atoms with Crippen molar-refractivity contribution >= 4 is 22.6 Å². The first-order chi connectivity index (χ1) is 9.41. The highest BCUT2D eigenvalue weighted by molar-refractivity contribution is 14.1. The number of halogens is 1. The summed E-state index contributed by atoms with van der Waals surface area (Å²) < 4.78 is 6.94. The molecule has 0 saturated heterocycles. The van der Waals surface area contributed by atoms with Crippen molar-refractivity contribution in [3.05, 3.63) is 32.9 Å². The molecule has 0 bridgehead atoms. The third kappa shape index (κ3) is 5.34. The summed E-state index contributed by atoms with van der Waals surface area (Å²) in [7, 11) is 1.80. The van der Waals surface area contributed by atoms with Crippen LogP contribution in [-0.4, -0.2) is 19.3 Å². The van der Waals surface area contributed by atoms with E-state index in [0.29, 0.717) is 6.04 Å². The largest absolute Gasteiger partial charge is 0.379 e. The van der Waals surface area contributed by atoms with Crippen molar-refractivity contribution in [2.24, 2.45) is 0 Å². The van der Waals surface area contributed by atoms with E-state index < -0.39 is 0 Å². The van der Waals surface area contributed by atoms with Crippen molar-refractivity contribution in [2.45, 2.75) is 58.6 Å². The number of ether oxygens (including phenoxy) is 1. The molecule has 0 amide bonds. The molecule has 0 aliphatic rings. The van der Waals surface area contributed by atoms with Gasteiger partial charge in [0.2, 0.25) is 0 Å². The fourth-order valence-corrected chi connectivity index (χ4v) is 2.95. The minimum absolute atomic E-state index is 0.0542. The van der Waals surface area contributed by atoms with Gasteiger partial charge >= 0.3 is 0 Å². The molecule has 0 saturated carbocycles. The summed E-state index contributed by atoms with van der Waals surface area (Å²) in [5.74, 6) is 0. The van der Waals surface area contributed by atoms with Gasteiger partial charge in [0.1, 0.15) is 0 Å². The first-order valence-corrected chi connectivity index (χ1v) is 8.52. The fraction of sp³-hybridized carbons (Fsp3) is 0.647. The Kier molecular flexibility index (Phi) is 7.48. The maximum absolute atomic E-state index is 5.55. The second-order valence-corrected chi connectivity index (χ2v) is 7.07. The Hall–Kier alpha value is -0.130. The van der Waals surface area contributed by atoms with E-state index in [1.54, 1.807) is 7.11 Å². The van der Waals surface area contributed by atoms with Crippen molar-refractivity contribution in [1.29, 1.82) is 0 Å². The van der Waals surface area contributed by atoms with Crippen molar-refractivity contribution in [3.8, 4) is 0 Å². The second kappa shape index (κ2) is 8.35. The zero-order chi connectivity index (χ0) is 15.2. The van der Waals surface area contributed by atoms with Crippen LogP contribution in [-0.2, 0) is 4.74 Å². The maximum atomic E-state index is 5.55. The normalized spacial score (nSPS) is 13.5. The van der Waals surface area contributed by atoms with Gasteiger partial charge in [-0.05, 0) is 80.3 Å². The van der Waals surface area contributed by atoms with Crippen LogP contribution in [0.3, 0.4) is 0 Å². The lowest BCUT2D eigenvalue weighted by Gasteiger charge is -2.27. The smallest absolute Gasteiger partial charge is 0.0623 e. The van der Waals surface area contributed by atoms with Crippen molar-refractivity contribution in [3.63, 3.8) is 0 Å². The molecular formula is C17H28INO. The van der Waals surface area contributed by atoms with Gasteiger partial charge in [-0.15, -0.1) is 0 Å². The van der Waals surface area contributed by atoms with Crippen LogP contribution in [0.5, 0.6) is 0 Å². The number of hydrogen-bond donors (Lipinski definition) is 1. The molecule has 0 aliphatic carbocycles. The summed E-state index contributed by atoms with van der Waals surface area (Å²) >= 11 is 2.47. The predicted octanol–water partition coefficient (Wildman–Crippen LogP) is 4.85. The fourth-order valence-electron chi connectivity index (χ4n) is 2.22. The van der Waals surface area contributed by atoms with Gasteiger partial charge < -0.3 is 10.1 Å². The Morgan fingerprint density at radius 2 is 2.05 bits per heavy atom. The Bertz CT molecular complexity index is 417. The van der Waals surface area contributed by atoms with Crippen molar-refractivity contribution < 1.29 is 4.74 Å². The van der Waals surface area contributed by atoms with E-state index in [-0.39, 0.29) is 5.60 Å². The van der Waals surface area contributed by atoms with Gasteiger partial charge in [-0.2, -0.15) is 0 Å². The van der Waals surface area contributed by atoms with E-state index in [2.05, 4.69) is 73.8 Å². The molecule has 0 aliphatic heterocycles. The summed E-state index contributed by atoms with van der Waals surface area (Å²) in [4.78, 5) is 0. The van der Waals surface area contributed by atoms with Gasteiger partial charge in [0, 0.05) is 16.7 Å². The third-order valence-corrected chi connectivity index (χ3v) is 5.30. The number of nitrogens with one attached hydrogen (secondary N) is 1. The molecule has 2 nitrogen and oxygen atoms in total. The molecule has 1 unspecified atom stereocenters. The van der Waals surface area contributed by atoms with Crippen LogP contribution in [0.1, 0.15) is 57.2 Å². The summed E-state index contributed by atoms with van der Waals surface area (Å²) in [5.41, 5.74) is 2.73. The molecule has 1 atom stereocenters. The molecule has 1 N–H and O–H groups in total. The highest BCUT2D eigenvalue weighted by Gasteiger charge is 2.21. The number of rotatable bonds is 8. The van der Waals surface area contributed by atoms with E-state index >= 15 is 0 Å². The molecule has 1 rings (SSSR count). The Labute approximate surface area is 137 Å². The lowest BCUT2D eigenvalue weighted by Crippen LogP contribution is -2.28. The summed E-state index contributed by atoms with van der Waals surface area (Å²) in [6, 6.07) is 7.01. The van der Waals surface area contributed by atoms with E-state index in [9.17, 15) is 0 Å². The van der Waals surface area contributed by atoms with Crippen LogP contribution < -0.4 is 5.32 Å². The zero-order valence-corrected chi connectivity index (χ0v) is 15.6. The first kappa shape index (κ1) is 17.9. The van der Waals surface area contributed by atoms with Gasteiger partial charge in [0.05, 0.1) is 5.60 Å². The topological polar surface area (TPSA) is 21.3 Å². The molecule has 3 heteroatoms. The Morgan fingerprint density at radius 1 is 1.35 bits per heavy atom. The highest BCUT2D eigenvalue weighted by Crippen LogP contribution is 2.29. The van der Waals surface area contributed by atoms with Crippen LogP contribution in [0, 0.1) is 10.5 Å². The average molecular weight is 389 g/mol. The van der Waals surface area contributed by atoms with Crippen molar-refractivity contribution in [2.75, 3.05) is 13.7 Å². The lowest BCUT2D eigenvalue weighted by atomic mass is 9.94. The summed E-state index contributed by atoms with van der Waals surface area (Å²) in [5, 5.41) is 3.69. The predicted molar refractivity (Wildman–Crippen MR) is 95.3 cm³/mol. The van der Waals surface area contributed by atoms with Gasteiger partial charge in [0.25, 0.3) is 0 Å². The second-order valence-electron chi connectivity index (χ2n) is 5.99. The number of hydrogen-bond acceptors (Lipinski definition) is 2. The van der Waals surface area contributed by atoms with Crippen LogP contribution in [0.15, 0.2) is 18.2 Å². The van der Waals surface area contributed by atoms with E-state index in [0.717, 1.165) is 25.8 Å². The van der Waals surface area contributed by atoms with Gasteiger partial charge in [-0.1, -0.05) is 25.1 Å². The minimum atomic E-state index is -0.0542. The first-order valence-electron chi connectivity index (χ1n) is 7.45. The molecule has 1 aromatic rings. The lowest BCUT2D eigenvalue weighted by molar-refractivity contribution is 0.0116. The number of aryl methyl sites for hydroxylation is 1. The molecule has 0 radical (unpaired) electrons. The molecular weight excluding hydrogens is 361 g/mol. The monoisotopic (exact) mass is 389 g/mol. The number of benzene rings is 1. The molecule has 114 valence electrons. The van der Waals surface area contributed by atoms with Crippen LogP contribution >= 0.6 is 22.6 Å². The average Bonchev–Trinajstić information content (AvgIpc) is 2.43. The van der Waals surface area contributed by atoms with Crippen LogP contribution in [0.4, 0.5) is 0 Å². The van der Waals surface area contributed by atoms with Gasteiger partial charge in [-0.3, -0.25) is 0 Å². The molecule has 0 aromatic heterocycles. The highest BCUT2D eigenvalue weighted by atomic mass is 127. The molecule has 0 spiro atoms. The number of methoxy groups -OCH3 is 1. The van der Waals surface area contributed by atoms with Crippen LogP contribution in [0.2, 0.25) is 0 Å². The van der Waals surface area contributed by atoms with E-state index in [1.807, 2.05) is 0 Å². The zero-order valence-electron chi connectivity index (χ0n) is 13.4. The Morgan fingerprint density at radius 3 is 2.65 bits per heavy atom. The minimum Gasteiger partial charge on any atom is -0.379 e. The molecule has 0 heterocycles. The molecule has 0 fully saturated rings. The molecule has 1 aromatic carbocycles. The van der Waals surface area contributed by atoms with E-state index in [4.69, 9.17) is 4.74 Å². The summed E-state index contributed by atoms with van der Waals surface area (Å²) in [6.07, 6.45) is 3.31. The standard InChI is InChI=1S/C17H28INO/c1-6-12-19-15(10-11-17(3,4)20-5)14-9-7-8-13(2)16(14)18/h7-9,15,19H,6,10-12H2,1-5H3. The van der Waals surface area contributed by atoms with Gasteiger partial charge in [-0.25, -0.2) is 0 Å². The summed E-state index contributed by atoms with van der Waals surface area (Å²) in [6.45, 7) is 9.77. The SMILES string of the molecule is CCCNC(CCC(C)(C)OC)c1cccc(C)c1I. The van der Waals surface area contributed by atoms with Crippen molar-refractivity contribution in [1.82, 2.24) is 5.32 Å². The maximum Gasteiger partial charge on any atom is 0.0623 e. The quantitative estimate of drug-likeness (QED) is 0.642. The molecule has 20 heavy (non-hydrogen) atoms. The van der Waals surface area contributed by atoms with Crippen LogP contribution in [0.25, 0.3) is 0 Å². The van der Waals surface area contributed by atoms with Gasteiger partial charge in [0.15, 0.2) is 0 Å².